The molecule has 1 N–H and O–H groups in total. The van der Waals surface area contributed by atoms with E-state index in [1.54, 1.807) is 5.57 Å². The fourth-order valence-electron chi connectivity index (χ4n) is 8.57. The number of hydrogen-bond acceptors (Lipinski definition) is 3. The molecule has 0 radical (unpaired) electrons. The zero-order valence-corrected chi connectivity index (χ0v) is 18.9. The molecule has 3 nitrogen and oxygen atoms in total. The second kappa shape index (κ2) is 7.59. The first-order valence-corrected chi connectivity index (χ1v) is 12.6. The molecule has 29 heavy (non-hydrogen) atoms. The maximum atomic E-state index is 10.2. The summed E-state index contributed by atoms with van der Waals surface area (Å²) in [5.74, 6) is 4.53. The molecule has 4 aliphatic carbocycles. The Kier molecular flexibility index (Phi) is 5.34. The highest BCUT2D eigenvalue weighted by Crippen LogP contribution is 2.67. The fraction of sp³-hybridized carbons (Fsp3) is 0.920. The van der Waals surface area contributed by atoms with Crippen molar-refractivity contribution < 1.29 is 14.4 Å². The van der Waals surface area contributed by atoms with E-state index in [4.69, 9.17) is 9.31 Å². The number of fused-ring (bicyclic) bond motifs is 5. The summed E-state index contributed by atoms with van der Waals surface area (Å²) in [6.07, 6.45) is 14.7. The number of aliphatic hydroxyl groups is 1. The van der Waals surface area contributed by atoms with Crippen LogP contribution in [0.2, 0.25) is 6.32 Å². The van der Waals surface area contributed by atoms with Crippen molar-refractivity contribution in [2.24, 2.45) is 34.5 Å². The Morgan fingerprint density at radius 2 is 1.93 bits per heavy atom. The molecule has 5 aliphatic rings. The molecule has 0 spiro atoms. The van der Waals surface area contributed by atoms with Crippen LogP contribution in [-0.2, 0) is 9.31 Å². The average Bonchev–Trinajstić information content (AvgIpc) is 3.30. The second-order valence-electron chi connectivity index (χ2n) is 11.5. The van der Waals surface area contributed by atoms with Gasteiger partial charge in [-0.1, -0.05) is 33.6 Å². The van der Waals surface area contributed by atoms with Gasteiger partial charge in [-0.2, -0.15) is 0 Å². The van der Waals surface area contributed by atoms with Gasteiger partial charge in [0.05, 0.1) is 12.7 Å². The lowest BCUT2D eigenvalue weighted by atomic mass is 9.45. The maximum Gasteiger partial charge on any atom is 0.525 e. The number of aliphatic hydroxyl groups excluding tert-OH is 1. The van der Waals surface area contributed by atoms with Gasteiger partial charge in [0.1, 0.15) is 5.76 Å². The quantitative estimate of drug-likeness (QED) is 0.593. The van der Waals surface area contributed by atoms with Crippen molar-refractivity contribution >= 4 is 7.12 Å². The Morgan fingerprint density at radius 1 is 1.07 bits per heavy atom. The Bertz CT molecular complexity index is 662. The molecule has 0 amide bonds. The predicted molar refractivity (Wildman–Crippen MR) is 117 cm³/mol. The molecule has 4 saturated carbocycles. The molecular weight excluding hydrogens is 359 g/mol. The van der Waals surface area contributed by atoms with Gasteiger partial charge in [-0.3, -0.25) is 0 Å². The van der Waals surface area contributed by atoms with Crippen LogP contribution in [0.25, 0.3) is 0 Å². The van der Waals surface area contributed by atoms with Crippen LogP contribution in [0, 0.1) is 34.5 Å². The van der Waals surface area contributed by atoms with Crippen LogP contribution in [0.15, 0.2) is 11.3 Å². The van der Waals surface area contributed by atoms with Crippen molar-refractivity contribution in [3.05, 3.63) is 11.3 Å². The highest BCUT2D eigenvalue weighted by molar-refractivity contribution is 6.45. The van der Waals surface area contributed by atoms with Crippen LogP contribution in [-0.4, -0.2) is 24.9 Å². The second-order valence-corrected chi connectivity index (χ2v) is 11.5. The summed E-state index contributed by atoms with van der Waals surface area (Å²) >= 11 is 0. The van der Waals surface area contributed by atoms with Gasteiger partial charge >= 0.3 is 7.12 Å². The van der Waals surface area contributed by atoms with Crippen LogP contribution >= 0.6 is 0 Å². The number of allylic oxidation sites excluding steroid dienone is 1. The lowest BCUT2D eigenvalue weighted by Gasteiger charge is -2.60. The molecule has 7 atom stereocenters. The third-order valence-corrected chi connectivity index (χ3v) is 10.2. The first-order valence-electron chi connectivity index (χ1n) is 12.6. The van der Waals surface area contributed by atoms with Gasteiger partial charge in [-0.25, -0.2) is 0 Å². The highest BCUT2D eigenvalue weighted by Gasteiger charge is 2.59. The largest absolute Gasteiger partial charge is 0.537 e. The van der Waals surface area contributed by atoms with Gasteiger partial charge in [0.15, 0.2) is 0 Å². The van der Waals surface area contributed by atoms with Crippen molar-refractivity contribution in [1.82, 2.24) is 0 Å². The van der Waals surface area contributed by atoms with Gasteiger partial charge < -0.3 is 14.4 Å². The third kappa shape index (κ3) is 3.23. The Balaban J connectivity index is 1.36. The molecular formula is C25H41BO3. The summed E-state index contributed by atoms with van der Waals surface area (Å²) in [5, 5.41) is 10.2. The Hall–Kier alpha value is -0.475. The topological polar surface area (TPSA) is 38.7 Å². The molecule has 4 heteroatoms. The van der Waals surface area contributed by atoms with E-state index in [2.05, 4.69) is 20.8 Å². The Labute approximate surface area is 178 Å². The van der Waals surface area contributed by atoms with Gasteiger partial charge in [0.25, 0.3) is 0 Å². The summed E-state index contributed by atoms with van der Waals surface area (Å²) in [7, 11) is -0.000504. The minimum atomic E-state index is -0.0403. The summed E-state index contributed by atoms with van der Waals surface area (Å²) < 4.78 is 12.3. The van der Waals surface area contributed by atoms with Gasteiger partial charge in [-0.15, -0.1) is 0 Å². The summed E-state index contributed by atoms with van der Waals surface area (Å²) in [5.41, 5.74) is 2.42. The first-order chi connectivity index (χ1) is 14.0. The molecule has 5 fully saturated rings. The monoisotopic (exact) mass is 400 g/mol. The van der Waals surface area contributed by atoms with Crippen LogP contribution in [0.3, 0.4) is 0 Å². The van der Waals surface area contributed by atoms with E-state index < -0.39 is 0 Å². The van der Waals surface area contributed by atoms with Crippen molar-refractivity contribution in [3.63, 3.8) is 0 Å². The SMILES string of the molecule is CCCCB1OC/C(=C2/CC[C@H]3[C@@H]4CCC5CC(O)CC[C@]5(C)[C@H]4CC[C@]23C)O1. The average molecular weight is 400 g/mol. The van der Waals surface area contributed by atoms with E-state index >= 15 is 0 Å². The van der Waals surface area contributed by atoms with Gasteiger partial charge in [0, 0.05) is 0 Å². The van der Waals surface area contributed by atoms with E-state index in [0.717, 1.165) is 42.8 Å². The van der Waals surface area contributed by atoms with Crippen molar-refractivity contribution in [1.29, 1.82) is 0 Å². The van der Waals surface area contributed by atoms with Crippen molar-refractivity contribution in [3.8, 4) is 0 Å². The van der Waals surface area contributed by atoms with E-state index in [-0.39, 0.29) is 13.2 Å². The van der Waals surface area contributed by atoms with Crippen molar-refractivity contribution in [2.45, 2.75) is 104 Å². The smallest absolute Gasteiger partial charge is 0.525 e. The normalized spacial score (nSPS) is 49.4. The van der Waals surface area contributed by atoms with Crippen LogP contribution in [0.1, 0.15) is 91.4 Å². The lowest BCUT2D eigenvalue weighted by molar-refractivity contribution is -0.116. The van der Waals surface area contributed by atoms with Gasteiger partial charge in [-0.05, 0) is 104 Å². The maximum absolute atomic E-state index is 10.2. The number of unbranched alkanes of at least 4 members (excludes halogenated alkanes) is 1. The lowest BCUT2D eigenvalue weighted by Crippen LogP contribution is -2.53. The molecule has 2 unspecified atom stereocenters. The molecule has 0 aromatic carbocycles. The molecule has 0 aromatic rings. The van der Waals surface area contributed by atoms with Crippen molar-refractivity contribution in [2.75, 3.05) is 6.61 Å². The van der Waals surface area contributed by atoms with E-state index in [1.807, 2.05) is 0 Å². The Morgan fingerprint density at radius 3 is 2.76 bits per heavy atom. The van der Waals surface area contributed by atoms with Crippen LogP contribution < -0.4 is 0 Å². The van der Waals surface area contributed by atoms with E-state index in [0.29, 0.717) is 17.4 Å². The molecule has 1 aliphatic heterocycles. The zero-order valence-electron chi connectivity index (χ0n) is 18.9. The molecule has 0 aromatic heterocycles. The standard InChI is InChI=1S/C25H41BO3/c1-4-5-14-26-28-16-23(29-26)22-9-8-20-19-7-6-17-15-18(27)10-12-24(17,2)21(19)11-13-25(20,22)3/h17-21,27H,4-16H2,1-3H3/b23-22+/t17?,18?,19-,20-,21-,24-,25-/m0/s1. The molecule has 1 saturated heterocycles. The molecule has 5 rings (SSSR count). The summed E-state index contributed by atoms with van der Waals surface area (Å²) in [6, 6.07) is 0. The fourth-order valence-corrected chi connectivity index (χ4v) is 8.57. The number of rotatable bonds is 3. The first kappa shape index (κ1) is 20.4. The van der Waals surface area contributed by atoms with Crippen LogP contribution in [0.4, 0.5) is 0 Å². The third-order valence-electron chi connectivity index (χ3n) is 10.2. The molecule has 0 bridgehead atoms. The summed E-state index contributed by atoms with van der Waals surface area (Å²) in [4.78, 5) is 0. The van der Waals surface area contributed by atoms with E-state index in [1.165, 1.54) is 63.5 Å². The van der Waals surface area contributed by atoms with Gasteiger partial charge in [0.2, 0.25) is 0 Å². The highest BCUT2D eigenvalue weighted by atomic mass is 16.6. The number of hydrogen-bond donors (Lipinski definition) is 1. The van der Waals surface area contributed by atoms with E-state index in [9.17, 15) is 5.11 Å². The predicted octanol–water partition coefficient (Wildman–Crippen LogP) is 5.98. The zero-order chi connectivity index (χ0) is 20.2. The molecule has 1 heterocycles. The molecule has 162 valence electrons. The minimum absolute atomic E-state index is 0.000504. The summed E-state index contributed by atoms with van der Waals surface area (Å²) in [6.45, 7) is 8.09. The minimum Gasteiger partial charge on any atom is -0.537 e. The van der Waals surface area contributed by atoms with Crippen LogP contribution in [0.5, 0.6) is 0 Å².